The Morgan fingerprint density at radius 1 is 0.962 bits per heavy atom. The second-order valence-electron chi connectivity index (χ2n) is 5.52. The maximum atomic E-state index is 11.8. The van der Waals surface area contributed by atoms with Crippen LogP contribution < -0.4 is 16.4 Å². The fraction of sp³-hybridized carbons (Fsp3) is 0.222. The molecule has 1 heterocycles. The van der Waals surface area contributed by atoms with E-state index in [0.717, 1.165) is 5.56 Å². The summed E-state index contributed by atoms with van der Waals surface area (Å²) in [5.41, 5.74) is 6.17. The van der Waals surface area contributed by atoms with Gasteiger partial charge in [0.05, 0.1) is 11.4 Å². The molecule has 4 N–H and O–H groups in total. The van der Waals surface area contributed by atoms with Gasteiger partial charge >= 0.3 is 0 Å². The molecule has 0 spiro atoms. The van der Waals surface area contributed by atoms with Crippen LogP contribution in [0.4, 0.5) is 0 Å². The standard InChI is InChI=1S/C18H19N3O4S/c19-16(23)11-21-18(25)13-5-3-12(4-6-13)10-20-17(24)8-7-14(22)15-2-1-9-26-15/h1-6,9H,7-8,10-11H2,(H2,19,23)(H,20,24)(H,21,25). The Bertz CT molecular complexity index is 785. The van der Waals surface area contributed by atoms with Crippen molar-refractivity contribution >= 4 is 34.8 Å². The molecule has 0 radical (unpaired) electrons. The monoisotopic (exact) mass is 373 g/mol. The van der Waals surface area contributed by atoms with Crippen molar-refractivity contribution < 1.29 is 19.2 Å². The van der Waals surface area contributed by atoms with Crippen LogP contribution in [-0.2, 0) is 16.1 Å². The summed E-state index contributed by atoms with van der Waals surface area (Å²) in [4.78, 5) is 46.7. The van der Waals surface area contributed by atoms with Crippen LogP contribution >= 0.6 is 11.3 Å². The number of hydrogen-bond acceptors (Lipinski definition) is 5. The molecule has 7 nitrogen and oxygen atoms in total. The van der Waals surface area contributed by atoms with E-state index >= 15 is 0 Å². The molecular weight excluding hydrogens is 354 g/mol. The maximum absolute atomic E-state index is 11.8. The van der Waals surface area contributed by atoms with E-state index in [9.17, 15) is 19.2 Å². The second kappa shape index (κ2) is 9.47. The lowest BCUT2D eigenvalue weighted by molar-refractivity contribution is -0.121. The van der Waals surface area contributed by atoms with Crippen molar-refractivity contribution in [1.82, 2.24) is 10.6 Å². The summed E-state index contributed by atoms with van der Waals surface area (Å²) >= 11 is 1.36. The summed E-state index contributed by atoms with van der Waals surface area (Å²) in [6, 6.07) is 10.1. The predicted molar refractivity (Wildman–Crippen MR) is 97.7 cm³/mol. The van der Waals surface area contributed by atoms with Gasteiger partial charge in [-0.1, -0.05) is 18.2 Å². The molecule has 0 aliphatic carbocycles. The molecule has 2 rings (SSSR count). The number of hydrogen-bond donors (Lipinski definition) is 3. The number of nitrogens with two attached hydrogens (primary N) is 1. The van der Waals surface area contributed by atoms with Crippen LogP contribution in [0.25, 0.3) is 0 Å². The molecule has 0 unspecified atom stereocenters. The molecule has 0 atom stereocenters. The lowest BCUT2D eigenvalue weighted by atomic mass is 10.1. The summed E-state index contributed by atoms with van der Waals surface area (Å²) in [6.45, 7) is 0.0794. The topological polar surface area (TPSA) is 118 Å². The van der Waals surface area contributed by atoms with Gasteiger partial charge in [0.15, 0.2) is 5.78 Å². The minimum Gasteiger partial charge on any atom is -0.368 e. The molecule has 2 aromatic rings. The Kier molecular flexibility index (Phi) is 7.04. The van der Waals surface area contributed by atoms with Crippen LogP contribution in [0.1, 0.15) is 38.4 Å². The molecule has 0 bridgehead atoms. The van der Waals surface area contributed by atoms with E-state index in [-0.39, 0.29) is 31.1 Å². The van der Waals surface area contributed by atoms with E-state index in [1.165, 1.54) is 11.3 Å². The number of Topliss-reactive ketones (excluding diaryl/α,β-unsaturated/α-hetero) is 1. The molecule has 0 saturated carbocycles. The number of nitrogens with one attached hydrogen (secondary N) is 2. The van der Waals surface area contributed by atoms with E-state index in [0.29, 0.717) is 17.0 Å². The van der Waals surface area contributed by atoms with Gasteiger partial charge < -0.3 is 16.4 Å². The number of ketones is 1. The van der Waals surface area contributed by atoms with E-state index < -0.39 is 11.8 Å². The van der Waals surface area contributed by atoms with Gasteiger partial charge in [0.25, 0.3) is 5.91 Å². The minimum atomic E-state index is -0.616. The van der Waals surface area contributed by atoms with Crippen molar-refractivity contribution in [3.8, 4) is 0 Å². The third-order valence-corrected chi connectivity index (χ3v) is 4.42. The molecule has 0 aliphatic rings. The summed E-state index contributed by atoms with van der Waals surface area (Å²) in [5, 5.41) is 6.96. The number of amides is 3. The molecule has 0 fully saturated rings. The molecule has 1 aromatic heterocycles. The van der Waals surface area contributed by atoms with Crippen LogP contribution in [0.5, 0.6) is 0 Å². The first-order valence-corrected chi connectivity index (χ1v) is 8.82. The van der Waals surface area contributed by atoms with Crippen molar-refractivity contribution in [1.29, 1.82) is 0 Å². The van der Waals surface area contributed by atoms with Gasteiger partial charge in [0, 0.05) is 24.9 Å². The maximum Gasteiger partial charge on any atom is 0.251 e. The van der Waals surface area contributed by atoms with E-state index in [1.54, 1.807) is 36.4 Å². The normalized spacial score (nSPS) is 10.2. The highest BCUT2D eigenvalue weighted by Crippen LogP contribution is 2.12. The minimum absolute atomic E-state index is 0.0403. The smallest absolute Gasteiger partial charge is 0.251 e. The third-order valence-electron chi connectivity index (χ3n) is 3.50. The Labute approximate surface area is 154 Å². The Morgan fingerprint density at radius 2 is 1.69 bits per heavy atom. The first-order valence-electron chi connectivity index (χ1n) is 7.94. The van der Waals surface area contributed by atoms with Crippen LogP contribution in [0.2, 0.25) is 0 Å². The van der Waals surface area contributed by atoms with Gasteiger partial charge in [-0.25, -0.2) is 0 Å². The van der Waals surface area contributed by atoms with Crippen LogP contribution in [0.3, 0.4) is 0 Å². The van der Waals surface area contributed by atoms with Gasteiger partial charge in [-0.15, -0.1) is 11.3 Å². The highest BCUT2D eigenvalue weighted by molar-refractivity contribution is 7.12. The van der Waals surface area contributed by atoms with E-state index in [2.05, 4.69) is 10.6 Å². The third kappa shape index (κ3) is 6.14. The fourth-order valence-corrected chi connectivity index (χ4v) is 2.81. The molecule has 26 heavy (non-hydrogen) atoms. The average molecular weight is 373 g/mol. The predicted octanol–water partition coefficient (Wildman–Crippen LogP) is 1.24. The Morgan fingerprint density at radius 3 is 2.31 bits per heavy atom. The van der Waals surface area contributed by atoms with Crippen molar-refractivity contribution in [3.05, 3.63) is 57.8 Å². The Balaban J connectivity index is 1.75. The van der Waals surface area contributed by atoms with Crippen molar-refractivity contribution in [2.75, 3.05) is 6.54 Å². The zero-order chi connectivity index (χ0) is 18.9. The van der Waals surface area contributed by atoms with Gasteiger partial charge in [-0.3, -0.25) is 19.2 Å². The zero-order valence-electron chi connectivity index (χ0n) is 14.0. The summed E-state index contributed by atoms with van der Waals surface area (Å²) < 4.78 is 0. The highest BCUT2D eigenvalue weighted by atomic mass is 32.1. The number of carbonyl (C=O) groups excluding carboxylic acids is 4. The van der Waals surface area contributed by atoms with Gasteiger partial charge in [-0.2, -0.15) is 0 Å². The van der Waals surface area contributed by atoms with Gasteiger partial charge in [-0.05, 0) is 29.1 Å². The SMILES string of the molecule is NC(=O)CNC(=O)c1ccc(CNC(=O)CCC(=O)c2cccs2)cc1. The summed E-state index contributed by atoms with van der Waals surface area (Å²) in [6.07, 6.45) is 0.301. The van der Waals surface area contributed by atoms with Crippen LogP contribution in [0.15, 0.2) is 41.8 Å². The zero-order valence-corrected chi connectivity index (χ0v) is 14.8. The first-order chi connectivity index (χ1) is 12.5. The largest absolute Gasteiger partial charge is 0.368 e. The number of benzene rings is 1. The second-order valence-corrected chi connectivity index (χ2v) is 6.47. The van der Waals surface area contributed by atoms with Crippen molar-refractivity contribution in [3.63, 3.8) is 0 Å². The van der Waals surface area contributed by atoms with E-state index in [1.807, 2.05) is 5.38 Å². The number of primary amides is 1. The van der Waals surface area contributed by atoms with Gasteiger partial charge in [0.2, 0.25) is 11.8 Å². The molecular formula is C18H19N3O4S. The van der Waals surface area contributed by atoms with Gasteiger partial charge in [0.1, 0.15) is 0 Å². The van der Waals surface area contributed by atoms with Crippen LogP contribution in [-0.4, -0.2) is 30.0 Å². The molecule has 0 saturated heterocycles. The first kappa shape index (κ1) is 19.3. The number of rotatable bonds is 9. The molecule has 3 amide bonds. The number of carbonyl (C=O) groups is 4. The lowest BCUT2D eigenvalue weighted by Gasteiger charge is -2.07. The Hall–Kier alpha value is -3.00. The average Bonchev–Trinajstić information content (AvgIpc) is 3.17. The molecule has 1 aromatic carbocycles. The highest BCUT2D eigenvalue weighted by Gasteiger charge is 2.10. The molecule has 136 valence electrons. The molecule has 0 aliphatic heterocycles. The summed E-state index contributed by atoms with van der Waals surface area (Å²) in [7, 11) is 0. The van der Waals surface area contributed by atoms with Crippen LogP contribution in [0, 0.1) is 0 Å². The quantitative estimate of drug-likeness (QED) is 0.573. The summed E-state index contributed by atoms with van der Waals surface area (Å²) in [5.74, 6) is -1.26. The molecule has 8 heteroatoms. The van der Waals surface area contributed by atoms with Crippen molar-refractivity contribution in [2.45, 2.75) is 19.4 Å². The van der Waals surface area contributed by atoms with E-state index in [4.69, 9.17) is 5.73 Å². The number of thiophene rings is 1. The lowest BCUT2D eigenvalue weighted by Crippen LogP contribution is -2.33. The fourth-order valence-electron chi connectivity index (χ4n) is 2.12. The van der Waals surface area contributed by atoms with Crippen molar-refractivity contribution in [2.24, 2.45) is 5.73 Å².